The highest BCUT2D eigenvalue weighted by atomic mass is 16.6. The average molecular weight is 516 g/mol. The highest BCUT2D eigenvalue weighted by molar-refractivity contribution is 5.80. The van der Waals surface area contributed by atoms with Crippen molar-refractivity contribution in [3.8, 4) is 0 Å². The molecule has 0 spiro atoms. The summed E-state index contributed by atoms with van der Waals surface area (Å²) in [5, 5.41) is 30.5. The van der Waals surface area contributed by atoms with Gasteiger partial charge in [-0.15, -0.1) is 0 Å². The molecular formula is C28H53NO7. The normalized spacial score (nSPS) is 41.6. The Morgan fingerprint density at radius 1 is 1.00 bits per heavy atom. The number of ketones is 1. The van der Waals surface area contributed by atoms with Crippen LogP contribution >= 0.6 is 0 Å². The fourth-order valence-electron chi connectivity index (χ4n) is 5.43. The molecule has 0 aromatic carbocycles. The van der Waals surface area contributed by atoms with Crippen LogP contribution in [0.15, 0.2) is 0 Å². The summed E-state index contributed by atoms with van der Waals surface area (Å²) in [5.41, 5.74) is -1.26. The molecule has 0 saturated carbocycles. The zero-order chi connectivity index (χ0) is 27.8. The first-order valence-corrected chi connectivity index (χ1v) is 13.7. The van der Waals surface area contributed by atoms with Crippen molar-refractivity contribution in [1.82, 2.24) is 4.90 Å². The van der Waals surface area contributed by atoms with E-state index in [0.29, 0.717) is 12.5 Å². The number of cyclic esters (lactones) is 1. The summed E-state index contributed by atoms with van der Waals surface area (Å²) in [7, 11) is 4.07. The van der Waals surface area contributed by atoms with Crippen molar-refractivity contribution in [3.63, 3.8) is 0 Å². The molecule has 0 bridgehead atoms. The molecule has 36 heavy (non-hydrogen) atoms. The second kappa shape index (κ2) is 14.8. The van der Waals surface area contributed by atoms with Crippen molar-refractivity contribution in [2.75, 3.05) is 14.1 Å². The number of carbonyl (C=O) groups is 2. The molecule has 212 valence electrons. The van der Waals surface area contributed by atoms with Crippen molar-refractivity contribution in [1.29, 1.82) is 0 Å². The van der Waals surface area contributed by atoms with Gasteiger partial charge in [-0.1, -0.05) is 27.7 Å². The lowest BCUT2D eigenvalue weighted by Crippen LogP contribution is -2.45. The highest BCUT2D eigenvalue weighted by Crippen LogP contribution is 2.30. The van der Waals surface area contributed by atoms with Gasteiger partial charge in [-0.2, -0.15) is 0 Å². The minimum atomic E-state index is -1.26. The van der Waals surface area contributed by atoms with Gasteiger partial charge in [-0.3, -0.25) is 9.59 Å². The second-order valence-corrected chi connectivity index (χ2v) is 11.9. The largest absolute Gasteiger partial charge is 0.459 e. The maximum Gasteiger partial charge on any atom is 0.311 e. The Morgan fingerprint density at radius 3 is 2.14 bits per heavy atom. The predicted molar refractivity (Wildman–Crippen MR) is 140 cm³/mol. The number of aliphatic hydroxyl groups is 3. The summed E-state index contributed by atoms with van der Waals surface area (Å²) in [6, 6.07) is 0.466. The molecule has 8 nitrogen and oxygen atoms in total. The van der Waals surface area contributed by atoms with Crippen LogP contribution in [0, 0.1) is 23.7 Å². The van der Waals surface area contributed by atoms with Gasteiger partial charge < -0.3 is 29.7 Å². The quantitative estimate of drug-likeness (QED) is 0.478. The molecule has 2 unspecified atom stereocenters. The van der Waals surface area contributed by atoms with Gasteiger partial charge in [0.05, 0.1) is 23.7 Å². The van der Waals surface area contributed by atoms with Gasteiger partial charge in [0, 0.05) is 24.8 Å². The molecule has 2 aliphatic heterocycles. The average Bonchev–Trinajstić information content (AvgIpc) is 2.78. The van der Waals surface area contributed by atoms with Crippen LogP contribution in [0.25, 0.3) is 0 Å². The van der Waals surface area contributed by atoms with Crippen LogP contribution in [-0.2, 0) is 19.1 Å². The molecule has 0 amide bonds. The molecule has 3 N–H and O–H groups in total. The van der Waals surface area contributed by atoms with Gasteiger partial charge in [-0.05, 0) is 78.8 Å². The molecule has 2 fully saturated rings. The number of rotatable bonds is 2. The van der Waals surface area contributed by atoms with Crippen LogP contribution in [0.3, 0.4) is 0 Å². The smallest absolute Gasteiger partial charge is 0.311 e. The number of esters is 1. The van der Waals surface area contributed by atoms with Crippen molar-refractivity contribution < 1.29 is 34.4 Å². The SMILES string of the molecule is CCC1OC(=O)[C@H](C)[C@@H](O)[C@H](C)C[C@@H](C)C[C@@H](C)C(=O)CC[C@]1(C)O.C[C@@H]1C[C@H](N(C)C)CC(O)O1. The number of hydrogen-bond donors (Lipinski definition) is 3. The third-order valence-electron chi connectivity index (χ3n) is 7.94. The molecule has 0 aromatic heterocycles. The summed E-state index contributed by atoms with van der Waals surface area (Å²) < 4.78 is 10.7. The maximum absolute atomic E-state index is 12.4. The summed E-state index contributed by atoms with van der Waals surface area (Å²) in [5.74, 6) is -0.864. The minimum Gasteiger partial charge on any atom is -0.459 e. The van der Waals surface area contributed by atoms with Crippen molar-refractivity contribution in [2.45, 2.75) is 130 Å². The van der Waals surface area contributed by atoms with Gasteiger partial charge >= 0.3 is 5.97 Å². The molecular weight excluding hydrogens is 462 g/mol. The summed E-state index contributed by atoms with van der Waals surface area (Å²) in [6.45, 7) is 13.1. The number of ether oxygens (including phenoxy) is 2. The minimum absolute atomic E-state index is 0.0663. The number of carbonyl (C=O) groups excluding carboxylic acids is 2. The van der Waals surface area contributed by atoms with E-state index in [4.69, 9.17) is 9.47 Å². The van der Waals surface area contributed by atoms with Crippen LogP contribution < -0.4 is 0 Å². The number of Topliss-reactive ketones (excluding diaryl/α,β-unsaturated/α-hetero) is 1. The van der Waals surface area contributed by atoms with Crippen molar-refractivity contribution >= 4 is 11.8 Å². The molecule has 0 radical (unpaired) electrons. The molecule has 0 aromatic rings. The molecule has 0 aliphatic carbocycles. The Bertz CT molecular complexity index is 673. The lowest BCUT2D eigenvalue weighted by atomic mass is 9.81. The second-order valence-electron chi connectivity index (χ2n) is 11.9. The van der Waals surface area contributed by atoms with E-state index in [2.05, 4.69) is 11.8 Å². The van der Waals surface area contributed by atoms with Crippen molar-refractivity contribution in [2.24, 2.45) is 23.7 Å². The fourth-order valence-corrected chi connectivity index (χ4v) is 5.43. The van der Waals surface area contributed by atoms with Crippen molar-refractivity contribution in [3.05, 3.63) is 0 Å². The van der Waals surface area contributed by atoms with E-state index in [1.165, 1.54) is 0 Å². The van der Waals surface area contributed by atoms with E-state index in [1.807, 2.05) is 41.8 Å². The third-order valence-corrected chi connectivity index (χ3v) is 7.94. The first-order chi connectivity index (χ1) is 16.6. The Hall–Kier alpha value is -1.06. The monoisotopic (exact) mass is 515 g/mol. The summed E-state index contributed by atoms with van der Waals surface area (Å²) in [4.78, 5) is 27.0. The standard InChI is InChI=1S/C20H36O5.C8H17NO2/c1-7-17-20(6,24)9-8-16(21)13(3)10-12(2)11-14(4)18(22)15(5)19(23)25-17;1-6-4-7(9(2)3)5-8(10)11-6/h12-15,17-18,22,24H,7-11H2,1-6H3;6-8,10H,4-5H2,1-3H3/t12-,13+,14+,15+,17?,18-,20-;6-,7+,8?/m01/s1. The van der Waals surface area contributed by atoms with E-state index < -0.39 is 36.0 Å². The lowest BCUT2D eigenvalue weighted by molar-refractivity contribution is -0.174. The lowest BCUT2D eigenvalue weighted by Gasteiger charge is -2.34. The molecule has 2 aliphatic rings. The summed E-state index contributed by atoms with van der Waals surface area (Å²) in [6.07, 6.45) is 2.41. The van der Waals surface area contributed by atoms with Gasteiger partial charge in [0.25, 0.3) is 0 Å². The molecule has 2 saturated heterocycles. The highest BCUT2D eigenvalue weighted by Gasteiger charge is 2.38. The maximum atomic E-state index is 12.4. The van der Waals surface area contributed by atoms with Gasteiger partial charge in [0.2, 0.25) is 0 Å². The number of nitrogens with zero attached hydrogens (tertiary/aromatic N) is 1. The van der Waals surface area contributed by atoms with Crippen LogP contribution in [-0.4, -0.2) is 82.3 Å². The van der Waals surface area contributed by atoms with E-state index in [1.54, 1.807) is 13.8 Å². The van der Waals surface area contributed by atoms with Gasteiger partial charge in [-0.25, -0.2) is 0 Å². The van der Waals surface area contributed by atoms with Gasteiger partial charge in [0.1, 0.15) is 11.9 Å². The third kappa shape index (κ3) is 10.4. The Morgan fingerprint density at radius 2 is 1.61 bits per heavy atom. The topological polar surface area (TPSA) is 117 Å². The summed E-state index contributed by atoms with van der Waals surface area (Å²) >= 11 is 0. The predicted octanol–water partition coefficient (Wildman–Crippen LogP) is 3.54. The molecule has 10 atom stereocenters. The van der Waals surface area contributed by atoms with Crippen LogP contribution in [0.4, 0.5) is 0 Å². The Balaban J connectivity index is 0.000000488. The van der Waals surface area contributed by atoms with Crippen LogP contribution in [0.1, 0.15) is 93.4 Å². The molecule has 8 heteroatoms. The van der Waals surface area contributed by atoms with E-state index in [-0.39, 0.29) is 42.5 Å². The molecule has 2 rings (SSSR count). The van der Waals surface area contributed by atoms with Crippen LogP contribution in [0.2, 0.25) is 0 Å². The zero-order valence-corrected chi connectivity index (χ0v) is 24.1. The Labute approximate surface area is 218 Å². The van der Waals surface area contributed by atoms with E-state index >= 15 is 0 Å². The number of hydrogen-bond acceptors (Lipinski definition) is 8. The van der Waals surface area contributed by atoms with E-state index in [0.717, 1.165) is 25.7 Å². The number of aliphatic hydroxyl groups excluding tert-OH is 2. The Kier molecular flexibility index (Phi) is 13.5. The first-order valence-electron chi connectivity index (χ1n) is 13.7. The van der Waals surface area contributed by atoms with E-state index in [9.17, 15) is 24.9 Å². The molecule has 2 heterocycles. The van der Waals surface area contributed by atoms with Gasteiger partial charge in [0.15, 0.2) is 6.29 Å². The van der Waals surface area contributed by atoms with Crippen LogP contribution in [0.5, 0.6) is 0 Å². The zero-order valence-electron chi connectivity index (χ0n) is 24.1. The first kappa shape index (κ1) is 33.0. The fraction of sp³-hybridized carbons (Fsp3) is 0.929.